The number of urea groups is 1. The van der Waals surface area contributed by atoms with Gasteiger partial charge in [0.1, 0.15) is 13.2 Å². The number of nitrogens with zero attached hydrogens (tertiary/aromatic N) is 5. The molecule has 11 heteroatoms. The number of rotatable bonds is 7. The van der Waals surface area contributed by atoms with Crippen LogP contribution in [0.4, 0.5) is 10.5 Å². The highest BCUT2D eigenvalue weighted by Crippen LogP contribution is 2.29. The number of anilines is 1. The van der Waals surface area contributed by atoms with Crippen molar-refractivity contribution in [1.82, 2.24) is 15.2 Å². The Balaban J connectivity index is 1.27. The van der Waals surface area contributed by atoms with Crippen LogP contribution < -0.4 is 19.7 Å². The number of hydrogen-bond donors (Lipinski definition) is 1. The van der Waals surface area contributed by atoms with E-state index in [1.807, 2.05) is 19.1 Å². The molecule has 1 fully saturated rings. The molecule has 10 nitrogen and oxygen atoms in total. The number of carbonyl (C=O) groups is 1. The lowest BCUT2D eigenvalue weighted by Gasteiger charge is -2.34. The fourth-order valence-electron chi connectivity index (χ4n) is 4.22. The summed E-state index contributed by atoms with van der Waals surface area (Å²) >= 11 is 6.13. The van der Waals surface area contributed by atoms with E-state index in [1.54, 1.807) is 18.3 Å². The van der Waals surface area contributed by atoms with E-state index in [1.165, 1.54) is 4.90 Å². The molecule has 0 saturated carbocycles. The van der Waals surface area contributed by atoms with Gasteiger partial charge >= 0.3 is 6.03 Å². The smallest absolute Gasteiger partial charge is 0.366 e. The molecule has 0 radical (unpaired) electrons. The molecular weight excluding hydrogens is 460 g/mol. The number of carbonyl (C=O) groups excluding carboxylic acids is 1. The summed E-state index contributed by atoms with van der Waals surface area (Å²) < 4.78 is 11.2. The third-order valence-electron chi connectivity index (χ3n) is 6.11. The van der Waals surface area contributed by atoms with Crippen molar-refractivity contribution in [3.63, 3.8) is 0 Å². The maximum absolute atomic E-state index is 12.4. The summed E-state index contributed by atoms with van der Waals surface area (Å²) in [5.41, 5.74) is 2.42. The molecule has 182 valence electrons. The molecular formula is C23H28ClN6O4-. The van der Waals surface area contributed by atoms with Crippen LogP contribution in [0.2, 0.25) is 5.02 Å². The van der Waals surface area contributed by atoms with Crippen molar-refractivity contribution < 1.29 is 14.3 Å². The summed E-state index contributed by atoms with van der Waals surface area (Å²) in [5, 5.41) is 20.3. The third-order valence-corrected chi connectivity index (χ3v) is 6.34. The van der Waals surface area contributed by atoms with Crippen LogP contribution in [-0.2, 0) is 6.54 Å². The van der Waals surface area contributed by atoms with Crippen molar-refractivity contribution in [3.8, 4) is 11.5 Å². The van der Waals surface area contributed by atoms with Gasteiger partial charge in [0.25, 0.3) is 0 Å². The summed E-state index contributed by atoms with van der Waals surface area (Å²) in [5.74, 6) is 1.44. The lowest BCUT2D eigenvalue weighted by molar-refractivity contribution is 0.170. The first-order valence-electron chi connectivity index (χ1n) is 11.3. The first kappa shape index (κ1) is 24.2. The highest BCUT2D eigenvalue weighted by molar-refractivity contribution is 6.31. The second kappa shape index (κ2) is 11.5. The van der Waals surface area contributed by atoms with Gasteiger partial charge in [-0.15, -0.1) is 0 Å². The van der Waals surface area contributed by atoms with Crippen molar-refractivity contribution in [2.24, 2.45) is 10.4 Å². The SMILES string of the molecule is Cc1ccc(Cl)cc1N(CCN1CCC(NCc2cc3c(cn2)OCCO3)CC1)C(=O)/N=N/[O-]. The van der Waals surface area contributed by atoms with Crippen molar-refractivity contribution in [2.75, 3.05) is 44.3 Å². The monoisotopic (exact) mass is 487 g/mol. The second-order valence-corrected chi connectivity index (χ2v) is 8.80. The van der Waals surface area contributed by atoms with Gasteiger partial charge in [-0.3, -0.25) is 9.88 Å². The molecule has 34 heavy (non-hydrogen) atoms. The predicted octanol–water partition coefficient (Wildman–Crippen LogP) is 3.95. The van der Waals surface area contributed by atoms with Crippen molar-refractivity contribution in [2.45, 2.75) is 32.4 Å². The molecule has 2 aliphatic heterocycles. The Morgan fingerprint density at radius 2 is 2.03 bits per heavy atom. The minimum absolute atomic E-state index is 0.383. The van der Waals surface area contributed by atoms with Crippen molar-refractivity contribution in [1.29, 1.82) is 0 Å². The number of halogens is 1. The Morgan fingerprint density at radius 3 is 2.79 bits per heavy atom. The summed E-state index contributed by atoms with van der Waals surface area (Å²) in [6.07, 6.45) is 3.68. The maximum atomic E-state index is 12.4. The Bertz CT molecular complexity index is 1030. The molecule has 0 unspecified atom stereocenters. The van der Waals surface area contributed by atoms with Gasteiger partial charge in [-0.25, -0.2) is 10.1 Å². The van der Waals surface area contributed by atoms with Gasteiger partial charge < -0.3 is 24.9 Å². The van der Waals surface area contributed by atoms with Gasteiger partial charge in [0.15, 0.2) is 11.5 Å². The molecule has 4 rings (SSSR count). The summed E-state index contributed by atoms with van der Waals surface area (Å²) in [7, 11) is 0. The lowest BCUT2D eigenvalue weighted by Crippen LogP contribution is -2.45. The molecule has 1 N–H and O–H groups in total. The number of likely N-dealkylation sites (tertiary alicyclic amines) is 1. The molecule has 1 aromatic carbocycles. The second-order valence-electron chi connectivity index (χ2n) is 8.36. The van der Waals surface area contributed by atoms with E-state index in [0.717, 1.165) is 42.9 Å². The molecule has 2 aromatic rings. The fraction of sp³-hybridized carbons (Fsp3) is 0.478. The molecule has 0 aliphatic carbocycles. The van der Waals surface area contributed by atoms with E-state index in [2.05, 4.69) is 25.6 Å². The van der Waals surface area contributed by atoms with Crippen LogP contribution in [0.1, 0.15) is 24.1 Å². The number of benzene rings is 1. The molecule has 2 amide bonds. The zero-order valence-corrected chi connectivity index (χ0v) is 19.8. The molecule has 2 aliphatic rings. The number of amides is 2. The molecule has 3 heterocycles. The number of ether oxygens (including phenoxy) is 2. The zero-order valence-electron chi connectivity index (χ0n) is 19.1. The van der Waals surface area contributed by atoms with Gasteiger partial charge in [0.05, 0.1) is 11.9 Å². The molecule has 1 saturated heterocycles. The fourth-order valence-corrected chi connectivity index (χ4v) is 4.38. The Hall–Kier alpha value is -2.95. The van der Waals surface area contributed by atoms with E-state index in [9.17, 15) is 10.0 Å². The van der Waals surface area contributed by atoms with Crippen LogP contribution in [0, 0.1) is 12.1 Å². The largest absolute Gasteiger partial charge is 0.775 e. The predicted molar refractivity (Wildman–Crippen MR) is 129 cm³/mol. The highest BCUT2D eigenvalue weighted by Gasteiger charge is 2.23. The topological polar surface area (TPSA) is 115 Å². The van der Waals surface area contributed by atoms with E-state index in [-0.39, 0.29) is 0 Å². The van der Waals surface area contributed by atoms with Crippen molar-refractivity contribution >= 4 is 23.3 Å². The summed E-state index contributed by atoms with van der Waals surface area (Å²) in [4.78, 5) is 20.6. The normalized spacial score (nSPS) is 16.6. The van der Waals surface area contributed by atoms with E-state index in [0.29, 0.717) is 55.3 Å². The number of aromatic nitrogens is 1. The average molecular weight is 488 g/mol. The minimum Gasteiger partial charge on any atom is -0.775 e. The molecule has 0 spiro atoms. The lowest BCUT2D eigenvalue weighted by atomic mass is 10.0. The third kappa shape index (κ3) is 6.13. The van der Waals surface area contributed by atoms with Gasteiger partial charge in [-0.2, -0.15) is 0 Å². The maximum Gasteiger partial charge on any atom is 0.366 e. The standard InChI is InChI=1S/C23H29ClN6O4/c1-16-2-3-17(24)12-20(16)30(23(31)27-28-32)9-8-29-6-4-18(5-7-29)25-14-19-13-21-22(15-26-19)34-11-10-33-21/h2-3,12-13,15,18,25H,4-11,14H2,1H3,(H,27,31,32)/p-1. The number of pyridine rings is 1. The molecule has 1 aromatic heterocycles. The number of aryl methyl sites for hydroxylation is 1. The average Bonchev–Trinajstić information content (AvgIpc) is 2.85. The summed E-state index contributed by atoms with van der Waals surface area (Å²) in [6, 6.07) is 6.92. The van der Waals surface area contributed by atoms with E-state index < -0.39 is 6.03 Å². The quantitative estimate of drug-likeness (QED) is 0.464. The highest BCUT2D eigenvalue weighted by atomic mass is 35.5. The van der Waals surface area contributed by atoms with Gasteiger partial charge in [-0.05, 0) is 50.6 Å². The van der Waals surface area contributed by atoms with Crippen LogP contribution in [0.25, 0.3) is 0 Å². The van der Waals surface area contributed by atoms with Crippen LogP contribution in [0.5, 0.6) is 11.5 Å². The first-order chi connectivity index (χ1) is 16.5. The van der Waals surface area contributed by atoms with Gasteiger partial charge in [-0.1, -0.05) is 22.8 Å². The Kier molecular flexibility index (Phi) is 8.15. The minimum atomic E-state index is -0.691. The van der Waals surface area contributed by atoms with Crippen LogP contribution in [0.3, 0.4) is 0 Å². The molecule has 0 bridgehead atoms. The Labute approximate surface area is 203 Å². The van der Waals surface area contributed by atoms with E-state index in [4.69, 9.17) is 21.1 Å². The number of nitrogens with one attached hydrogen (secondary N) is 1. The van der Waals surface area contributed by atoms with Gasteiger partial charge in [0, 0.05) is 42.5 Å². The van der Waals surface area contributed by atoms with E-state index >= 15 is 0 Å². The van der Waals surface area contributed by atoms with Gasteiger partial charge in [0.2, 0.25) is 0 Å². The zero-order chi connectivity index (χ0) is 23.9. The van der Waals surface area contributed by atoms with Crippen LogP contribution in [0.15, 0.2) is 40.9 Å². The van der Waals surface area contributed by atoms with Crippen LogP contribution >= 0.6 is 11.6 Å². The first-order valence-corrected chi connectivity index (χ1v) is 11.7. The van der Waals surface area contributed by atoms with Crippen molar-refractivity contribution in [3.05, 3.63) is 51.9 Å². The van der Waals surface area contributed by atoms with Crippen LogP contribution in [-0.4, -0.2) is 61.3 Å². The molecule has 0 atom stereocenters. The number of piperidine rings is 1. The number of fused-ring (bicyclic) bond motifs is 1. The summed E-state index contributed by atoms with van der Waals surface area (Å²) in [6.45, 7) is 6.49. The Morgan fingerprint density at radius 1 is 1.26 bits per heavy atom. The number of hydrogen-bond acceptors (Lipinski definition) is 8.